The topological polar surface area (TPSA) is 165 Å². The molecule has 0 radical (unpaired) electrons. The summed E-state index contributed by atoms with van der Waals surface area (Å²) in [7, 11) is 0. The summed E-state index contributed by atoms with van der Waals surface area (Å²) >= 11 is 0. The molecule has 0 aliphatic heterocycles. The lowest BCUT2D eigenvalue weighted by atomic mass is 9.91. The van der Waals surface area contributed by atoms with Crippen LogP contribution in [0.5, 0.6) is 5.88 Å². The molecule has 3 aromatic rings. The molecule has 3 heterocycles. The third-order valence-electron chi connectivity index (χ3n) is 7.15. The zero-order valence-electron chi connectivity index (χ0n) is 21.4. The predicted molar refractivity (Wildman–Crippen MR) is 139 cm³/mol. The van der Waals surface area contributed by atoms with E-state index >= 15 is 0 Å². The van der Waals surface area contributed by atoms with Crippen LogP contribution < -0.4 is 32.3 Å². The zero-order chi connectivity index (χ0) is 26.1. The van der Waals surface area contributed by atoms with Gasteiger partial charge in [-0.1, -0.05) is 13.8 Å². The lowest BCUT2D eigenvalue weighted by Gasteiger charge is -2.30. The molecule has 2 saturated carbocycles. The number of imidazole rings is 1. The van der Waals surface area contributed by atoms with Crippen molar-refractivity contribution in [1.82, 2.24) is 35.2 Å². The van der Waals surface area contributed by atoms with Crippen LogP contribution >= 0.6 is 0 Å². The highest BCUT2D eigenvalue weighted by molar-refractivity contribution is 5.74. The van der Waals surface area contributed by atoms with Crippen molar-refractivity contribution >= 4 is 23.6 Å². The Balaban J connectivity index is 1.32. The van der Waals surface area contributed by atoms with Crippen molar-refractivity contribution in [3.63, 3.8) is 0 Å². The van der Waals surface area contributed by atoms with Crippen LogP contribution in [0.15, 0.2) is 22.1 Å². The Morgan fingerprint density at radius 3 is 2.54 bits per heavy atom. The summed E-state index contributed by atoms with van der Waals surface area (Å²) in [5.41, 5.74) is 1.07. The van der Waals surface area contributed by atoms with E-state index in [1.165, 1.54) is 0 Å². The second-order valence-corrected chi connectivity index (χ2v) is 10.5. The standard InChI is InChI=1S/C25H35N9O3/c1-13(2)14(3)27-24(36)30-18-8-4-16(5-9-18)28-20-11-21(29-17-6-7-17)34-22(32-20)15(12-26-34)10-19-23(35)33-25(37)31-19/h10-14,16-18,28,35H,4-9H2,1-3H3,(H2,27,30,36)(H2,31,33,37)/b15-10+,29-21?. The van der Waals surface area contributed by atoms with Crippen LogP contribution in [0.1, 0.15) is 65.0 Å². The first-order chi connectivity index (χ1) is 17.7. The van der Waals surface area contributed by atoms with Crippen molar-refractivity contribution in [2.45, 2.75) is 83.5 Å². The highest BCUT2D eigenvalue weighted by Crippen LogP contribution is 2.23. The molecule has 1 unspecified atom stereocenters. The van der Waals surface area contributed by atoms with Crippen LogP contribution in [-0.4, -0.2) is 59.9 Å². The Morgan fingerprint density at radius 1 is 1.16 bits per heavy atom. The molecule has 12 heteroatoms. The summed E-state index contributed by atoms with van der Waals surface area (Å²) in [4.78, 5) is 38.3. The van der Waals surface area contributed by atoms with E-state index in [-0.39, 0.29) is 35.7 Å². The summed E-state index contributed by atoms with van der Waals surface area (Å²) in [5, 5.41) is 24.8. The summed E-state index contributed by atoms with van der Waals surface area (Å²) in [6.07, 6.45) is 8.98. The third kappa shape index (κ3) is 5.95. The number of aromatic nitrogens is 5. The zero-order valence-corrected chi connectivity index (χ0v) is 21.4. The number of nitrogens with one attached hydrogen (secondary N) is 5. The van der Waals surface area contributed by atoms with E-state index in [4.69, 9.17) is 9.98 Å². The fraction of sp³-hybridized carbons (Fsp3) is 0.560. The molecule has 0 aromatic carbocycles. The van der Waals surface area contributed by atoms with Crippen LogP contribution in [0.25, 0.3) is 11.7 Å². The number of anilines is 1. The maximum atomic E-state index is 12.3. The fourth-order valence-electron chi connectivity index (χ4n) is 4.46. The van der Waals surface area contributed by atoms with Crippen molar-refractivity contribution in [2.75, 3.05) is 5.32 Å². The Kier molecular flexibility index (Phi) is 6.90. The van der Waals surface area contributed by atoms with Gasteiger partial charge in [-0.3, -0.25) is 9.98 Å². The Morgan fingerprint density at radius 2 is 1.89 bits per heavy atom. The van der Waals surface area contributed by atoms with Gasteiger partial charge in [0.1, 0.15) is 11.5 Å². The summed E-state index contributed by atoms with van der Waals surface area (Å²) in [6.45, 7) is 6.20. The first kappa shape index (κ1) is 24.8. The fourth-order valence-corrected chi connectivity index (χ4v) is 4.46. The van der Waals surface area contributed by atoms with Gasteiger partial charge in [-0.25, -0.2) is 14.6 Å². The predicted octanol–water partition coefficient (Wildman–Crippen LogP) is 1.13. The van der Waals surface area contributed by atoms with Gasteiger partial charge in [-0.05, 0) is 57.4 Å². The first-order valence-corrected chi connectivity index (χ1v) is 13.0. The number of hydrogen-bond donors (Lipinski definition) is 6. The maximum absolute atomic E-state index is 12.3. The summed E-state index contributed by atoms with van der Waals surface area (Å²) < 4.78 is 1.69. The SMILES string of the molecule is CC(C)C(C)NC(=O)NC1CCC(Nc2cc(=NC3CC3)n3nc/c(=C\c4[nH]c(=O)[nH]c4O)c3n2)CC1. The summed E-state index contributed by atoms with van der Waals surface area (Å²) in [6, 6.07) is 2.62. The molecule has 12 nitrogen and oxygen atoms in total. The van der Waals surface area contributed by atoms with E-state index in [1.54, 1.807) is 16.8 Å². The molecule has 0 bridgehead atoms. The van der Waals surface area contributed by atoms with Crippen LogP contribution in [-0.2, 0) is 0 Å². The van der Waals surface area contributed by atoms with E-state index in [1.807, 2.05) is 13.0 Å². The van der Waals surface area contributed by atoms with Crippen LogP contribution in [0.3, 0.4) is 0 Å². The minimum absolute atomic E-state index is 0.102. The Labute approximate surface area is 213 Å². The van der Waals surface area contributed by atoms with Gasteiger partial charge >= 0.3 is 11.7 Å². The molecular weight excluding hydrogens is 474 g/mol. The molecule has 1 atom stereocenters. The lowest BCUT2D eigenvalue weighted by molar-refractivity contribution is 0.225. The number of aromatic amines is 2. The largest absolute Gasteiger partial charge is 0.493 e. The molecule has 3 aromatic heterocycles. The number of aromatic hydroxyl groups is 1. The number of hydrogen-bond acceptors (Lipinski definition) is 7. The number of amides is 2. The number of fused-ring (bicyclic) bond motifs is 1. The highest BCUT2D eigenvalue weighted by Gasteiger charge is 2.24. The number of nitrogens with zero attached hydrogens (tertiary/aromatic N) is 4. The van der Waals surface area contributed by atoms with Gasteiger partial charge in [0, 0.05) is 29.4 Å². The molecule has 2 amide bonds. The van der Waals surface area contributed by atoms with Gasteiger partial charge in [-0.2, -0.15) is 9.61 Å². The normalized spacial score (nSPS) is 21.9. The molecule has 2 aliphatic rings. The smallest absolute Gasteiger partial charge is 0.326 e. The van der Waals surface area contributed by atoms with Crippen molar-refractivity contribution in [3.05, 3.63) is 39.1 Å². The molecule has 198 valence electrons. The molecule has 0 saturated heterocycles. The average Bonchev–Trinajstić information content (AvgIpc) is 3.48. The van der Waals surface area contributed by atoms with E-state index in [0.717, 1.165) is 38.5 Å². The quantitative estimate of drug-likeness (QED) is 0.279. The number of urea groups is 1. The molecule has 5 rings (SSSR count). The Bertz CT molecular complexity index is 1440. The van der Waals surface area contributed by atoms with Crippen molar-refractivity contribution < 1.29 is 9.90 Å². The third-order valence-corrected chi connectivity index (χ3v) is 7.15. The highest BCUT2D eigenvalue weighted by atomic mass is 16.3. The number of carbonyl (C=O) groups is 1. The Hall–Kier alpha value is -3.83. The van der Waals surface area contributed by atoms with E-state index in [2.05, 4.69) is 44.9 Å². The molecule has 37 heavy (non-hydrogen) atoms. The number of rotatable bonds is 7. The van der Waals surface area contributed by atoms with Crippen molar-refractivity contribution in [3.8, 4) is 5.88 Å². The van der Waals surface area contributed by atoms with Gasteiger partial charge in [0.05, 0.1) is 12.2 Å². The first-order valence-electron chi connectivity index (χ1n) is 13.0. The number of H-pyrrole nitrogens is 2. The molecular formula is C25H35N9O3. The second-order valence-electron chi connectivity index (χ2n) is 10.5. The molecule has 2 fully saturated rings. The monoisotopic (exact) mass is 509 g/mol. The van der Waals surface area contributed by atoms with Crippen molar-refractivity contribution in [1.29, 1.82) is 0 Å². The van der Waals surface area contributed by atoms with Crippen LogP contribution in [0.2, 0.25) is 0 Å². The minimum atomic E-state index is -0.489. The molecule has 6 N–H and O–H groups in total. The molecule has 2 aliphatic carbocycles. The van der Waals surface area contributed by atoms with Gasteiger partial charge in [0.25, 0.3) is 0 Å². The van der Waals surface area contributed by atoms with Crippen LogP contribution in [0, 0.1) is 5.92 Å². The van der Waals surface area contributed by atoms with Gasteiger partial charge in [0.15, 0.2) is 11.1 Å². The van der Waals surface area contributed by atoms with Gasteiger partial charge < -0.3 is 26.0 Å². The minimum Gasteiger partial charge on any atom is -0.493 e. The molecule has 0 spiro atoms. The van der Waals surface area contributed by atoms with Gasteiger partial charge in [-0.15, -0.1) is 0 Å². The summed E-state index contributed by atoms with van der Waals surface area (Å²) in [5.74, 6) is 0.852. The lowest BCUT2D eigenvalue weighted by Crippen LogP contribution is -2.48. The van der Waals surface area contributed by atoms with E-state index in [9.17, 15) is 14.7 Å². The number of carbonyl (C=O) groups excluding carboxylic acids is 1. The van der Waals surface area contributed by atoms with Crippen molar-refractivity contribution in [2.24, 2.45) is 10.9 Å². The van der Waals surface area contributed by atoms with Gasteiger partial charge in [0.2, 0.25) is 5.88 Å². The van der Waals surface area contributed by atoms with E-state index in [0.29, 0.717) is 34.1 Å². The second kappa shape index (κ2) is 10.3. The van der Waals surface area contributed by atoms with Crippen LogP contribution in [0.4, 0.5) is 10.6 Å². The van der Waals surface area contributed by atoms with E-state index < -0.39 is 5.69 Å². The average molecular weight is 510 g/mol. The maximum Gasteiger partial charge on any atom is 0.326 e.